The van der Waals surface area contributed by atoms with Crippen LogP contribution in [0.5, 0.6) is 11.5 Å². The van der Waals surface area contributed by atoms with E-state index in [2.05, 4.69) is 11.0 Å². The number of carbonyl (C=O) groups excluding carboxylic acids is 1. The second-order valence-corrected chi connectivity index (χ2v) is 7.80. The minimum atomic E-state index is 0. The minimum Gasteiger partial charge on any atom is -0.454 e. The van der Waals surface area contributed by atoms with Gasteiger partial charge in [0, 0.05) is 13.0 Å². The first-order valence-corrected chi connectivity index (χ1v) is 9.60. The first kappa shape index (κ1) is 19.3. The Morgan fingerprint density at radius 2 is 1.92 bits per heavy atom. The molecule has 2 N–H and O–H groups in total. The minimum absolute atomic E-state index is 0. The molecule has 0 radical (unpaired) electrons. The van der Waals surface area contributed by atoms with Crippen LogP contribution in [-0.2, 0) is 4.79 Å². The summed E-state index contributed by atoms with van der Waals surface area (Å²) >= 11 is 0. The molecule has 1 atom stereocenters. The Bertz CT molecular complexity index is 646. The maximum absolute atomic E-state index is 13.1. The van der Waals surface area contributed by atoms with Crippen LogP contribution in [0.1, 0.15) is 63.0 Å². The van der Waals surface area contributed by atoms with Crippen molar-refractivity contribution >= 4 is 18.3 Å². The molecule has 26 heavy (non-hydrogen) atoms. The van der Waals surface area contributed by atoms with Crippen LogP contribution in [0.4, 0.5) is 0 Å². The van der Waals surface area contributed by atoms with Gasteiger partial charge in [-0.25, -0.2) is 0 Å². The molecule has 144 valence electrons. The number of likely N-dealkylation sites (tertiary alicyclic amines) is 1. The van der Waals surface area contributed by atoms with E-state index in [1.807, 2.05) is 12.1 Å². The highest BCUT2D eigenvalue weighted by Gasteiger charge is 2.38. The third-order valence-corrected chi connectivity index (χ3v) is 6.23. The Balaban J connectivity index is 0.00000196. The fourth-order valence-corrected chi connectivity index (χ4v) is 4.71. The lowest BCUT2D eigenvalue weighted by Crippen LogP contribution is -2.40. The first-order valence-electron chi connectivity index (χ1n) is 9.60. The van der Waals surface area contributed by atoms with Gasteiger partial charge in [-0.1, -0.05) is 25.3 Å². The van der Waals surface area contributed by atoms with Crippen LogP contribution in [0.3, 0.4) is 0 Å². The number of ether oxygens (including phenoxy) is 2. The molecule has 1 saturated heterocycles. The van der Waals surface area contributed by atoms with E-state index >= 15 is 0 Å². The van der Waals surface area contributed by atoms with Crippen LogP contribution < -0.4 is 15.2 Å². The van der Waals surface area contributed by atoms with Crippen LogP contribution in [0, 0.1) is 5.41 Å². The molecule has 2 fully saturated rings. The van der Waals surface area contributed by atoms with Crippen LogP contribution in [0.2, 0.25) is 0 Å². The van der Waals surface area contributed by atoms with E-state index in [0.29, 0.717) is 13.0 Å². The topological polar surface area (TPSA) is 64.8 Å². The monoisotopic (exact) mass is 380 g/mol. The first-order chi connectivity index (χ1) is 12.2. The molecule has 6 heteroatoms. The van der Waals surface area contributed by atoms with Crippen molar-refractivity contribution in [3.63, 3.8) is 0 Å². The highest BCUT2D eigenvalue weighted by molar-refractivity contribution is 5.85. The van der Waals surface area contributed by atoms with E-state index in [-0.39, 0.29) is 36.6 Å². The highest BCUT2D eigenvalue weighted by atomic mass is 35.5. The largest absolute Gasteiger partial charge is 0.454 e. The zero-order valence-electron chi connectivity index (χ0n) is 15.2. The summed E-state index contributed by atoms with van der Waals surface area (Å²) in [6, 6.07) is 6.22. The Labute approximate surface area is 161 Å². The number of nitrogens with zero attached hydrogens (tertiary/aromatic N) is 1. The molecule has 2 aliphatic heterocycles. The Morgan fingerprint density at radius 3 is 2.69 bits per heavy atom. The van der Waals surface area contributed by atoms with E-state index < -0.39 is 0 Å². The number of nitrogens with two attached hydrogens (primary N) is 1. The van der Waals surface area contributed by atoms with Crippen molar-refractivity contribution in [3.05, 3.63) is 23.8 Å². The molecule has 1 unspecified atom stereocenters. The Hall–Kier alpha value is -1.46. The van der Waals surface area contributed by atoms with Gasteiger partial charge in [0.15, 0.2) is 11.5 Å². The third kappa shape index (κ3) is 3.65. The molecule has 1 aromatic rings. The summed E-state index contributed by atoms with van der Waals surface area (Å²) in [6.45, 7) is 1.75. The normalized spacial score (nSPS) is 23.6. The molecule has 0 bridgehead atoms. The summed E-state index contributed by atoms with van der Waals surface area (Å²) < 4.78 is 10.9. The van der Waals surface area contributed by atoms with Gasteiger partial charge in [0.25, 0.3) is 0 Å². The molecule has 1 amide bonds. The molecule has 0 aromatic heterocycles. The molecule has 0 spiro atoms. The number of fused-ring (bicyclic) bond motifs is 1. The quantitative estimate of drug-likeness (QED) is 0.862. The van der Waals surface area contributed by atoms with Crippen LogP contribution >= 0.6 is 12.4 Å². The fraction of sp³-hybridized carbons (Fsp3) is 0.650. The van der Waals surface area contributed by atoms with Crippen molar-refractivity contribution in [1.82, 2.24) is 4.90 Å². The summed E-state index contributed by atoms with van der Waals surface area (Å²) in [5, 5.41) is 0. The third-order valence-electron chi connectivity index (χ3n) is 6.23. The number of benzene rings is 1. The van der Waals surface area contributed by atoms with E-state index in [1.54, 1.807) is 0 Å². The number of halogens is 1. The van der Waals surface area contributed by atoms with Crippen molar-refractivity contribution < 1.29 is 14.3 Å². The second-order valence-electron chi connectivity index (χ2n) is 7.80. The predicted octanol–water partition coefficient (Wildman–Crippen LogP) is 3.80. The van der Waals surface area contributed by atoms with Gasteiger partial charge < -0.3 is 20.1 Å². The van der Waals surface area contributed by atoms with Crippen LogP contribution in [0.15, 0.2) is 18.2 Å². The van der Waals surface area contributed by atoms with Crippen LogP contribution in [0.25, 0.3) is 0 Å². The average Bonchev–Trinajstić information content (AvgIpc) is 3.31. The standard InChI is InChI=1S/C20H28N2O3.ClH/c21-13-20(8-2-1-3-9-20)12-19(23)22-10-4-5-16(22)15-6-7-17-18(11-15)25-14-24-17;/h6-7,11,16H,1-5,8-10,12-14,21H2;1H. The number of carbonyl (C=O) groups is 1. The molecule has 1 aromatic carbocycles. The highest BCUT2D eigenvalue weighted by Crippen LogP contribution is 2.42. The maximum atomic E-state index is 13.1. The van der Waals surface area contributed by atoms with Crippen molar-refractivity contribution in [2.45, 2.75) is 57.4 Å². The second kappa shape index (κ2) is 8.05. The molecule has 1 aliphatic carbocycles. The maximum Gasteiger partial charge on any atom is 0.231 e. The summed E-state index contributed by atoms with van der Waals surface area (Å²) in [6.07, 6.45) is 8.55. The van der Waals surface area contributed by atoms with Gasteiger partial charge in [0.05, 0.1) is 6.04 Å². The summed E-state index contributed by atoms with van der Waals surface area (Å²) in [4.78, 5) is 15.2. The lowest BCUT2D eigenvalue weighted by atomic mass is 9.71. The number of amides is 1. The number of rotatable bonds is 4. The zero-order chi connectivity index (χ0) is 17.3. The number of hydrogen-bond donors (Lipinski definition) is 1. The van der Waals surface area contributed by atoms with E-state index in [1.165, 1.54) is 19.3 Å². The van der Waals surface area contributed by atoms with Gasteiger partial charge in [-0.15, -0.1) is 12.4 Å². The summed E-state index contributed by atoms with van der Waals surface area (Å²) in [5.41, 5.74) is 7.27. The van der Waals surface area contributed by atoms with Gasteiger partial charge in [-0.05, 0) is 55.3 Å². The lowest BCUT2D eigenvalue weighted by molar-refractivity contribution is -0.135. The van der Waals surface area contributed by atoms with Crippen molar-refractivity contribution in [1.29, 1.82) is 0 Å². The van der Waals surface area contributed by atoms with Gasteiger partial charge in [0.1, 0.15) is 0 Å². The SMILES string of the molecule is Cl.NCC1(CC(=O)N2CCCC2c2ccc3c(c2)OCO3)CCCCC1. The number of hydrogen-bond acceptors (Lipinski definition) is 4. The summed E-state index contributed by atoms with van der Waals surface area (Å²) in [7, 11) is 0. The van der Waals surface area contributed by atoms with Crippen LogP contribution in [-0.4, -0.2) is 30.7 Å². The van der Waals surface area contributed by atoms with E-state index in [0.717, 1.165) is 49.3 Å². The van der Waals surface area contributed by atoms with E-state index in [4.69, 9.17) is 15.2 Å². The van der Waals surface area contributed by atoms with Gasteiger partial charge in [-0.2, -0.15) is 0 Å². The Morgan fingerprint density at radius 1 is 1.15 bits per heavy atom. The molecular weight excluding hydrogens is 352 g/mol. The molecule has 1 saturated carbocycles. The van der Waals surface area contributed by atoms with Crippen molar-refractivity contribution in [3.8, 4) is 11.5 Å². The van der Waals surface area contributed by atoms with E-state index in [9.17, 15) is 4.79 Å². The summed E-state index contributed by atoms with van der Waals surface area (Å²) in [5.74, 6) is 1.86. The molecular formula is C20H29ClN2O3. The van der Waals surface area contributed by atoms with Gasteiger partial charge in [-0.3, -0.25) is 4.79 Å². The molecule has 3 aliphatic rings. The predicted molar refractivity (Wildman–Crippen MR) is 103 cm³/mol. The fourth-order valence-electron chi connectivity index (χ4n) is 4.71. The Kier molecular flexibility index (Phi) is 5.98. The molecule has 5 nitrogen and oxygen atoms in total. The smallest absolute Gasteiger partial charge is 0.231 e. The molecule has 4 rings (SSSR count). The lowest BCUT2D eigenvalue weighted by Gasteiger charge is -2.37. The average molecular weight is 381 g/mol. The van der Waals surface area contributed by atoms with Crippen molar-refractivity contribution in [2.75, 3.05) is 19.9 Å². The van der Waals surface area contributed by atoms with Gasteiger partial charge >= 0.3 is 0 Å². The van der Waals surface area contributed by atoms with Gasteiger partial charge in [0.2, 0.25) is 12.7 Å². The zero-order valence-corrected chi connectivity index (χ0v) is 16.1. The van der Waals surface area contributed by atoms with Crippen molar-refractivity contribution in [2.24, 2.45) is 11.1 Å². The molecule has 2 heterocycles.